The van der Waals surface area contributed by atoms with Gasteiger partial charge in [0.1, 0.15) is 18.1 Å². The number of anilines is 1. The number of carbonyl (C=O) groups excluding carboxylic acids is 1. The lowest BCUT2D eigenvalue weighted by atomic mass is 9.91. The van der Waals surface area contributed by atoms with Crippen molar-refractivity contribution in [2.75, 3.05) is 12.4 Å². The van der Waals surface area contributed by atoms with Crippen LogP contribution in [0.3, 0.4) is 0 Å². The number of carbonyl (C=O) groups is 1. The van der Waals surface area contributed by atoms with Gasteiger partial charge in [-0.3, -0.25) is 9.78 Å². The van der Waals surface area contributed by atoms with Gasteiger partial charge < -0.3 is 19.4 Å². The molecule has 0 radical (unpaired) electrons. The third-order valence-corrected chi connectivity index (χ3v) is 5.59. The molecular weight excluding hydrogens is 414 g/mol. The zero-order chi connectivity index (χ0) is 23.6. The minimum Gasteiger partial charge on any atom is -0.493 e. The molecule has 0 aliphatic carbocycles. The number of benzene rings is 2. The summed E-state index contributed by atoms with van der Waals surface area (Å²) in [6.45, 7) is 6.69. The van der Waals surface area contributed by atoms with Crippen LogP contribution in [-0.4, -0.2) is 22.6 Å². The predicted molar refractivity (Wildman–Crippen MR) is 131 cm³/mol. The van der Waals surface area contributed by atoms with Crippen LogP contribution in [0.4, 0.5) is 5.69 Å². The number of rotatable bonds is 6. The van der Waals surface area contributed by atoms with E-state index >= 15 is 0 Å². The molecule has 4 aromatic rings. The van der Waals surface area contributed by atoms with E-state index in [1.165, 1.54) is 0 Å². The van der Waals surface area contributed by atoms with Crippen LogP contribution in [0.2, 0.25) is 0 Å². The van der Waals surface area contributed by atoms with Crippen LogP contribution in [0.15, 0.2) is 66.9 Å². The van der Waals surface area contributed by atoms with Crippen molar-refractivity contribution in [3.63, 3.8) is 0 Å². The Labute approximate surface area is 194 Å². The summed E-state index contributed by atoms with van der Waals surface area (Å²) in [5.41, 5.74) is 3.78. The molecule has 33 heavy (non-hydrogen) atoms. The van der Waals surface area contributed by atoms with Gasteiger partial charge in [0, 0.05) is 23.5 Å². The van der Waals surface area contributed by atoms with Gasteiger partial charge in [-0.05, 0) is 23.8 Å². The number of hydrogen-bond donors (Lipinski definition) is 1. The highest BCUT2D eigenvalue weighted by atomic mass is 16.5. The summed E-state index contributed by atoms with van der Waals surface area (Å²) in [5.74, 6) is 1.02. The van der Waals surface area contributed by atoms with Crippen molar-refractivity contribution < 1.29 is 14.3 Å². The topological polar surface area (TPSA) is 65.4 Å². The molecule has 6 heteroatoms. The molecular formula is C27H29N3O3. The first-order chi connectivity index (χ1) is 15.8. The summed E-state index contributed by atoms with van der Waals surface area (Å²) in [4.78, 5) is 17.7. The Morgan fingerprint density at radius 2 is 1.79 bits per heavy atom. The quantitative estimate of drug-likeness (QED) is 0.414. The summed E-state index contributed by atoms with van der Waals surface area (Å²) in [5, 5.41) is 3.94. The fourth-order valence-electron chi connectivity index (χ4n) is 3.75. The maximum atomic E-state index is 13.3. The normalized spacial score (nSPS) is 11.4. The largest absolute Gasteiger partial charge is 0.493 e. The highest BCUT2D eigenvalue weighted by molar-refractivity contribution is 6.07. The van der Waals surface area contributed by atoms with Crippen molar-refractivity contribution in [2.24, 2.45) is 7.05 Å². The van der Waals surface area contributed by atoms with Crippen molar-refractivity contribution in [3.8, 4) is 11.5 Å². The van der Waals surface area contributed by atoms with E-state index in [-0.39, 0.29) is 11.3 Å². The predicted octanol–water partition coefficient (Wildman–Crippen LogP) is 5.71. The van der Waals surface area contributed by atoms with Crippen LogP contribution in [-0.2, 0) is 19.1 Å². The molecule has 0 saturated heterocycles. The molecule has 0 atom stereocenters. The summed E-state index contributed by atoms with van der Waals surface area (Å²) in [7, 11) is 3.44. The van der Waals surface area contributed by atoms with Crippen LogP contribution in [0.1, 0.15) is 42.5 Å². The Kier molecular flexibility index (Phi) is 6.09. The molecule has 6 nitrogen and oxygen atoms in total. The molecule has 1 amide bonds. The fourth-order valence-corrected chi connectivity index (χ4v) is 3.75. The third-order valence-electron chi connectivity index (χ3n) is 5.59. The molecule has 1 N–H and O–H groups in total. The lowest BCUT2D eigenvalue weighted by molar-refractivity contribution is 0.101. The monoisotopic (exact) mass is 443 g/mol. The molecule has 2 heterocycles. The number of nitrogens with zero attached hydrogens (tertiary/aromatic N) is 2. The number of amides is 1. The standard InChI is InChI=1S/C27H29N3O3/c1-27(2,3)24-15-20(23(32-5)16-28-24)29-26(31)21-14-19-12-9-13-22(25(19)30(21)4)33-17-18-10-7-6-8-11-18/h6-16H,17H2,1-5H3,(H,28,29,31). The number of hydrogen-bond acceptors (Lipinski definition) is 4. The Balaban J connectivity index is 1.64. The van der Waals surface area contributed by atoms with Crippen LogP contribution < -0.4 is 14.8 Å². The van der Waals surface area contributed by atoms with Crippen LogP contribution in [0, 0.1) is 0 Å². The number of methoxy groups -OCH3 is 1. The van der Waals surface area contributed by atoms with Crippen LogP contribution >= 0.6 is 0 Å². The first kappa shape index (κ1) is 22.4. The van der Waals surface area contributed by atoms with Gasteiger partial charge in [0.2, 0.25) is 0 Å². The number of ether oxygens (including phenoxy) is 2. The van der Waals surface area contributed by atoms with Gasteiger partial charge in [-0.2, -0.15) is 0 Å². The molecule has 0 spiro atoms. The van der Waals surface area contributed by atoms with Gasteiger partial charge >= 0.3 is 0 Å². The average Bonchev–Trinajstić information content (AvgIpc) is 3.15. The molecule has 0 bridgehead atoms. The number of pyridine rings is 1. The average molecular weight is 444 g/mol. The van der Waals surface area contributed by atoms with Crippen molar-refractivity contribution in [3.05, 3.63) is 83.8 Å². The maximum absolute atomic E-state index is 13.3. The lowest BCUT2D eigenvalue weighted by Crippen LogP contribution is -2.18. The molecule has 2 aromatic carbocycles. The van der Waals surface area contributed by atoms with Crippen LogP contribution in [0.5, 0.6) is 11.5 Å². The zero-order valence-electron chi connectivity index (χ0n) is 19.7. The molecule has 0 aliphatic heterocycles. The molecule has 0 fully saturated rings. The van der Waals surface area contributed by atoms with Crippen molar-refractivity contribution in [2.45, 2.75) is 32.8 Å². The minimum atomic E-state index is -0.230. The molecule has 0 aliphatic rings. The maximum Gasteiger partial charge on any atom is 0.272 e. The van der Waals surface area contributed by atoms with E-state index < -0.39 is 0 Å². The summed E-state index contributed by atoms with van der Waals surface area (Å²) >= 11 is 0. The van der Waals surface area contributed by atoms with Crippen molar-refractivity contribution in [1.29, 1.82) is 0 Å². The number of fused-ring (bicyclic) bond motifs is 1. The first-order valence-corrected chi connectivity index (χ1v) is 10.9. The summed E-state index contributed by atoms with van der Waals surface area (Å²) in [6, 6.07) is 19.6. The Hall–Kier alpha value is -3.80. The lowest BCUT2D eigenvalue weighted by Gasteiger charge is -2.20. The molecule has 0 saturated carbocycles. The van der Waals surface area contributed by atoms with Gasteiger partial charge in [0.15, 0.2) is 5.75 Å². The molecule has 4 rings (SSSR count). The first-order valence-electron chi connectivity index (χ1n) is 10.9. The van der Waals surface area contributed by atoms with Gasteiger partial charge in [-0.1, -0.05) is 63.2 Å². The second-order valence-corrected chi connectivity index (χ2v) is 9.03. The van der Waals surface area contributed by atoms with E-state index in [2.05, 4.69) is 31.1 Å². The Morgan fingerprint density at radius 3 is 2.48 bits per heavy atom. The summed E-state index contributed by atoms with van der Waals surface area (Å²) < 4.78 is 13.4. The second kappa shape index (κ2) is 8.98. The highest BCUT2D eigenvalue weighted by Gasteiger charge is 2.21. The Morgan fingerprint density at radius 1 is 1.03 bits per heavy atom. The van der Waals surface area contributed by atoms with Gasteiger partial charge in [-0.15, -0.1) is 0 Å². The van der Waals surface area contributed by atoms with Crippen LogP contribution in [0.25, 0.3) is 10.9 Å². The van der Waals surface area contributed by atoms with Gasteiger partial charge in [0.05, 0.1) is 24.5 Å². The SMILES string of the molecule is COc1cnc(C(C)(C)C)cc1NC(=O)c1cc2cccc(OCc3ccccc3)c2n1C. The number of para-hydroxylation sites is 1. The molecule has 170 valence electrons. The van der Waals surface area contributed by atoms with Crippen molar-refractivity contribution >= 4 is 22.5 Å². The number of aromatic nitrogens is 2. The fraction of sp³-hybridized carbons (Fsp3) is 0.259. The zero-order valence-corrected chi connectivity index (χ0v) is 19.7. The molecule has 0 unspecified atom stereocenters. The summed E-state index contributed by atoms with van der Waals surface area (Å²) in [6.07, 6.45) is 1.65. The highest BCUT2D eigenvalue weighted by Crippen LogP contribution is 2.32. The van der Waals surface area contributed by atoms with E-state index in [1.807, 2.05) is 72.3 Å². The van der Waals surface area contributed by atoms with E-state index in [1.54, 1.807) is 13.3 Å². The molecule has 2 aromatic heterocycles. The number of nitrogens with one attached hydrogen (secondary N) is 1. The van der Waals surface area contributed by atoms with E-state index in [4.69, 9.17) is 9.47 Å². The second-order valence-electron chi connectivity index (χ2n) is 9.03. The third kappa shape index (κ3) is 4.70. The van der Waals surface area contributed by atoms with E-state index in [9.17, 15) is 4.79 Å². The van der Waals surface area contributed by atoms with E-state index in [0.717, 1.165) is 27.9 Å². The Bertz CT molecular complexity index is 1290. The smallest absolute Gasteiger partial charge is 0.272 e. The van der Waals surface area contributed by atoms with Crippen molar-refractivity contribution in [1.82, 2.24) is 9.55 Å². The minimum absolute atomic E-state index is 0.156. The number of aryl methyl sites for hydroxylation is 1. The van der Waals surface area contributed by atoms with E-state index in [0.29, 0.717) is 23.7 Å². The van der Waals surface area contributed by atoms with Gasteiger partial charge in [0.25, 0.3) is 5.91 Å². The van der Waals surface area contributed by atoms with Gasteiger partial charge in [-0.25, -0.2) is 0 Å².